The van der Waals surface area contributed by atoms with E-state index in [9.17, 15) is 32.3 Å². The van der Waals surface area contributed by atoms with Crippen molar-refractivity contribution in [3.8, 4) is 16.9 Å². The number of nitrogens with zero attached hydrogens (tertiary/aromatic N) is 1. The molecule has 0 bridgehead atoms. The van der Waals surface area contributed by atoms with Crippen molar-refractivity contribution < 1.29 is 37.0 Å². The van der Waals surface area contributed by atoms with Gasteiger partial charge in [-0.2, -0.15) is 0 Å². The molecule has 2 atom stereocenters. The molecule has 4 rings (SSSR count). The number of benzene rings is 3. The maximum absolute atomic E-state index is 14.9. The predicted molar refractivity (Wildman–Crippen MR) is 146 cm³/mol. The van der Waals surface area contributed by atoms with E-state index < -0.39 is 30.1 Å². The summed E-state index contributed by atoms with van der Waals surface area (Å²) in [5.74, 6) is -2.84. The Bertz CT molecular complexity index is 1510. The molecule has 1 amide bonds. The van der Waals surface area contributed by atoms with Crippen molar-refractivity contribution in [2.75, 3.05) is 5.32 Å². The lowest BCUT2D eigenvalue weighted by molar-refractivity contribution is -0.274. The third-order valence-corrected chi connectivity index (χ3v) is 6.98. The first-order valence-corrected chi connectivity index (χ1v) is 12.6. The molecule has 0 aliphatic rings. The highest BCUT2D eigenvalue weighted by molar-refractivity contribution is 7.22. The zero-order valence-electron chi connectivity index (χ0n) is 20.7. The Morgan fingerprint density at radius 2 is 1.73 bits per heavy atom. The number of rotatable bonds is 9. The molecule has 4 aromatic rings. The zero-order chi connectivity index (χ0) is 28.3. The number of carboxylic acid groups (broad SMARTS) is 1. The molecule has 7 nitrogen and oxygen atoms in total. The van der Waals surface area contributed by atoms with Crippen LogP contribution in [-0.4, -0.2) is 34.4 Å². The summed E-state index contributed by atoms with van der Waals surface area (Å²) in [5, 5.41) is 15.1. The zero-order valence-corrected chi connectivity index (χ0v) is 21.5. The summed E-state index contributed by atoms with van der Waals surface area (Å²) in [7, 11) is 0. The number of nitrogens with one attached hydrogen (secondary N) is 2. The SMILES string of the molecule is C.CC[C@H](C)[C@H](NC(=O)c1ccc(-c2ccc(Nc3nc4ccc(OC(F)(F)F)cc4s3)c(F)c2)cc1)C(=O)O. The smallest absolute Gasteiger partial charge is 0.480 e. The van der Waals surface area contributed by atoms with Gasteiger partial charge in [0.25, 0.3) is 5.91 Å². The summed E-state index contributed by atoms with van der Waals surface area (Å²) in [6.07, 6.45) is -4.22. The standard InChI is InChI=1S/C27H23F4N3O4S.CH4/c1-3-14(2)23(25(36)37)34-24(35)16-6-4-15(5-7-16)17-8-10-20(19(28)12-17)32-26-33-21-11-9-18(13-22(21)39-26)38-27(29,30)31;/h4-14,23H,3H2,1-2H3,(H,32,33)(H,34,35)(H,36,37);1H4/t14-,23-;/m0./s1. The summed E-state index contributed by atoms with van der Waals surface area (Å²) < 4.78 is 56.7. The average Bonchev–Trinajstić information content (AvgIpc) is 3.28. The van der Waals surface area contributed by atoms with E-state index in [4.69, 9.17) is 0 Å². The lowest BCUT2D eigenvalue weighted by Crippen LogP contribution is -2.45. The summed E-state index contributed by atoms with van der Waals surface area (Å²) in [6.45, 7) is 3.59. The van der Waals surface area contributed by atoms with Crippen LogP contribution in [0.2, 0.25) is 0 Å². The topological polar surface area (TPSA) is 101 Å². The van der Waals surface area contributed by atoms with Gasteiger partial charge in [-0.3, -0.25) is 4.79 Å². The maximum atomic E-state index is 14.9. The van der Waals surface area contributed by atoms with Crippen LogP contribution in [0.5, 0.6) is 5.75 Å². The first-order chi connectivity index (χ1) is 18.4. The molecular formula is C28H27F4N3O4S. The molecular weight excluding hydrogens is 550 g/mol. The van der Waals surface area contributed by atoms with Gasteiger partial charge in [0.2, 0.25) is 0 Å². The molecule has 0 aliphatic heterocycles. The van der Waals surface area contributed by atoms with Gasteiger partial charge in [-0.15, -0.1) is 13.2 Å². The summed E-state index contributed by atoms with van der Waals surface area (Å²) >= 11 is 1.04. The lowest BCUT2D eigenvalue weighted by Gasteiger charge is -2.20. The van der Waals surface area contributed by atoms with Crippen LogP contribution in [0.4, 0.5) is 28.4 Å². The third-order valence-electron chi connectivity index (χ3n) is 6.05. The van der Waals surface area contributed by atoms with Gasteiger partial charge >= 0.3 is 12.3 Å². The Labute approximate surface area is 231 Å². The van der Waals surface area contributed by atoms with Crippen LogP contribution in [0.3, 0.4) is 0 Å². The Morgan fingerprint density at radius 3 is 2.33 bits per heavy atom. The fourth-order valence-electron chi connectivity index (χ4n) is 3.79. The van der Waals surface area contributed by atoms with Gasteiger partial charge in [0.05, 0.1) is 15.9 Å². The second-order valence-corrected chi connectivity index (χ2v) is 9.80. The quantitative estimate of drug-likeness (QED) is 0.177. The first kappa shape index (κ1) is 30.4. The van der Waals surface area contributed by atoms with Crippen LogP contribution in [0.1, 0.15) is 38.1 Å². The number of fused-ring (bicyclic) bond motifs is 1. The monoisotopic (exact) mass is 577 g/mol. The minimum Gasteiger partial charge on any atom is -0.480 e. The third kappa shape index (κ3) is 7.26. The van der Waals surface area contributed by atoms with Crippen molar-refractivity contribution in [3.63, 3.8) is 0 Å². The molecule has 40 heavy (non-hydrogen) atoms. The van der Waals surface area contributed by atoms with Crippen LogP contribution in [0.15, 0.2) is 60.7 Å². The Hall–Kier alpha value is -4.19. The molecule has 0 fully saturated rings. The molecule has 1 aromatic heterocycles. The van der Waals surface area contributed by atoms with Gasteiger partial charge in [-0.05, 0) is 53.4 Å². The van der Waals surface area contributed by atoms with Crippen LogP contribution in [0.25, 0.3) is 21.3 Å². The number of hydrogen-bond acceptors (Lipinski definition) is 6. The number of carbonyl (C=O) groups excluding carboxylic acids is 1. The van der Waals surface area contributed by atoms with E-state index in [0.29, 0.717) is 27.8 Å². The van der Waals surface area contributed by atoms with E-state index in [0.717, 1.165) is 17.4 Å². The second-order valence-electron chi connectivity index (χ2n) is 8.77. The molecule has 0 unspecified atom stereocenters. The summed E-state index contributed by atoms with van der Waals surface area (Å²) in [6, 6.07) is 13.5. The van der Waals surface area contributed by atoms with Crippen LogP contribution < -0.4 is 15.4 Å². The largest absolute Gasteiger partial charge is 0.573 e. The van der Waals surface area contributed by atoms with Gasteiger partial charge in [-0.1, -0.05) is 57.2 Å². The van der Waals surface area contributed by atoms with Gasteiger partial charge in [0.1, 0.15) is 17.6 Å². The highest BCUT2D eigenvalue weighted by Crippen LogP contribution is 2.34. The fourth-order valence-corrected chi connectivity index (χ4v) is 4.70. The predicted octanol–water partition coefficient (Wildman–Crippen LogP) is 7.61. The summed E-state index contributed by atoms with van der Waals surface area (Å²) in [4.78, 5) is 28.3. The molecule has 212 valence electrons. The number of alkyl halides is 3. The maximum Gasteiger partial charge on any atom is 0.573 e. The van der Waals surface area contributed by atoms with Crippen LogP contribution in [0, 0.1) is 11.7 Å². The Kier molecular flexibility index (Phi) is 9.36. The number of aromatic nitrogens is 1. The van der Waals surface area contributed by atoms with E-state index >= 15 is 0 Å². The van der Waals surface area contributed by atoms with Crippen LogP contribution in [-0.2, 0) is 4.79 Å². The Balaban J connectivity index is 0.00000441. The average molecular weight is 578 g/mol. The highest BCUT2D eigenvalue weighted by atomic mass is 32.1. The molecule has 0 saturated carbocycles. The van der Waals surface area contributed by atoms with E-state index in [1.807, 2.05) is 6.92 Å². The number of halogens is 4. The number of ether oxygens (including phenoxy) is 1. The van der Waals surface area contributed by atoms with Crippen molar-refractivity contribution in [3.05, 3.63) is 72.0 Å². The van der Waals surface area contributed by atoms with Crippen molar-refractivity contribution in [1.82, 2.24) is 10.3 Å². The number of anilines is 2. The lowest BCUT2D eigenvalue weighted by atomic mass is 9.98. The molecule has 1 heterocycles. The van der Waals surface area contributed by atoms with Crippen molar-refractivity contribution in [1.29, 1.82) is 0 Å². The number of amides is 1. The van der Waals surface area contributed by atoms with Gasteiger partial charge in [0, 0.05) is 11.6 Å². The van der Waals surface area contributed by atoms with E-state index in [2.05, 4.69) is 20.4 Å². The molecule has 0 radical (unpaired) electrons. The summed E-state index contributed by atoms with van der Waals surface area (Å²) in [5.41, 5.74) is 1.98. The van der Waals surface area contributed by atoms with Crippen LogP contribution >= 0.6 is 11.3 Å². The number of aliphatic carboxylic acids is 1. The number of carboxylic acids is 1. The number of hydrogen-bond donors (Lipinski definition) is 3. The fraction of sp³-hybridized carbons (Fsp3) is 0.250. The van der Waals surface area contributed by atoms with Crippen molar-refractivity contribution in [2.24, 2.45) is 5.92 Å². The second kappa shape index (κ2) is 12.3. The van der Waals surface area contributed by atoms with E-state index in [1.54, 1.807) is 25.1 Å². The van der Waals surface area contributed by atoms with Gasteiger partial charge in [-0.25, -0.2) is 14.2 Å². The molecule has 3 aromatic carbocycles. The molecule has 0 spiro atoms. The molecule has 0 saturated heterocycles. The number of thiazole rings is 1. The van der Waals surface area contributed by atoms with E-state index in [1.165, 1.54) is 36.4 Å². The molecule has 0 aliphatic carbocycles. The number of carbonyl (C=O) groups is 2. The minimum absolute atomic E-state index is 0. The van der Waals surface area contributed by atoms with Gasteiger partial charge in [0.15, 0.2) is 5.13 Å². The highest BCUT2D eigenvalue weighted by Gasteiger charge is 2.31. The Morgan fingerprint density at radius 1 is 1.05 bits per heavy atom. The first-order valence-electron chi connectivity index (χ1n) is 11.8. The normalized spacial score (nSPS) is 12.8. The molecule has 3 N–H and O–H groups in total. The van der Waals surface area contributed by atoms with Crippen molar-refractivity contribution >= 4 is 44.2 Å². The van der Waals surface area contributed by atoms with Crippen molar-refractivity contribution in [2.45, 2.75) is 40.1 Å². The van der Waals surface area contributed by atoms with E-state index in [-0.39, 0.29) is 35.5 Å². The minimum atomic E-state index is -4.81. The molecule has 12 heteroatoms. The van der Waals surface area contributed by atoms with Gasteiger partial charge < -0.3 is 20.5 Å².